The number of rotatable bonds is 5. The van der Waals surface area contributed by atoms with E-state index in [-0.39, 0.29) is 24.3 Å². The summed E-state index contributed by atoms with van der Waals surface area (Å²) in [5.74, 6) is -0.761. The molecule has 0 aromatic carbocycles. The summed E-state index contributed by atoms with van der Waals surface area (Å²) in [6.45, 7) is 9.54. The zero-order valence-electron chi connectivity index (χ0n) is 13.5. The van der Waals surface area contributed by atoms with E-state index in [0.29, 0.717) is 19.4 Å². The van der Waals surface area contributed by atoms with Crippen molar-refractivity contribution >= 4 is 11.9 Å². The Hall–Kier alpha value is -1.14. The van der Waals surface area contributed by atoms with Gasteiger partial charge in [-0.25, -0.2) is 0 Å². The van der Waals surface area contributed by atoms with Crippen LogP contribution in [0.5, 0.6) is 0 Å². The molecule has 0 amide bonds. The Morgan fingerprint density at radius 2 is 1.81 bits per heavy atom. The van der Waals surface area contributed by atoms with Crippen molar-refractivity contribution in [2.45, 2.75) is 66.0 Å². The van der Waals surface area contributed by atoms with E-state index in [1.807, 2.05) is 0 Å². The second-order valence-electron chi connectivity index (χ2n) is 6.50. The van der Waals surface area contributed by atoms with Crippen LogP contribution in [0.3, 0.4) is 0 Å². The molecule has 0 aliphatic carbocycles. The van der Waals surface area contributed by atoms with Gasteiger partial charge in [-0.1, -0.05) is 20.8 Å². The van der Waals surface area contributed by atoms with Crippen LogP contribution in [0.1, 0.15) is 47.5 Å². The summed E-state index contributed by atoms with van der Waals surface area (Å²) in [6, 6.07) is 0. The zero-order valence-corrected chi connectivity index (χ0v) is 13.5. The molecule has 3 atom stereocenters. The fourth-order valence-electron chi connectivity index (χ4n) is 2.00. The molecule has 21 heavy (non-hydrogen) atoms. The first-order chi connectivity index (χ1) is 9.67. The Kier molecular flexibility index (Phi) is 6.61. The molecule has 0 aromatic rings. The van der Waals surface area contributed by atoms with Crippen LogP contribution in [0.2, 0.25) is 0 Å². The maximum atomic E-state index is 11.1. The summed E-state index contributed by atoms with van der Waals surface area (Å²) in [5, 5.41) is 0. The van der Waals surface area contributed by atoms with E-state index < -0.39 is 18.2 Å². The zero-order chi connectivity index (χ0) is 16.0. The van der Waals surface area contributed by atoms with E-state index in [1.165, 1.54) is 13.8 Å². The number of hydrogen-bond donors (Lipinski definition) is 0. The van der Waals surface area contributed by atoms with Gasteiger partial charge in [0.2, 0.25) is 0 Å². The number of esters is 2. The fraction of sp³-hybridized carbons (Fsp3) is 0.867. The lowest BCUT2D eigenvalue weighted by molar-refractivity contribution is -0.243. The van der Waals surface area contributed by atoms with Gasteiger partial charge >= 0.3 is 11.9 Å². The molecule has 6 nitrogen and oxygen atoms in total. The lowest BCUT2D eigenvalue weighted by Crippen LogP contribution is -2.45. The third-order valence-electron chi connectivity index (χ3n) is 2.90. The van der Waals surface area contributed by atoms with Gasteiger partial charge in [-0.05, 0) is 11.8 Å². The summed E-state index contributed by atoms with van der Waals surface area (Å²) < 4.78 is 21.7. The maximum Gasteiger partial charge on any atom is 0.302 e. The molecule has 2 unspecified atom stereocenters. The Morgan fingerprint density at radius 3 is 2.33 bits per heavy atom. The van der Waals surface area contributed by atoms with Gasteiger partial charge in [-0.15, -0.1) is 0 Å². The first-order valence-corrected chi connectivity index (χ1v) is 7.25. The van der Waals surface area contributed by atoms with E-state index >= 15 is 0 Å². The van der Waals surface area contributed by atoms with Crippen LogP contribution in [0, 0.1) is 5.41 Å². The second-order valence-corrected chi connectivity index (χ2v) is 6.50. The monoisotopic (exact) mass is 302 g/mol. The van der Waals surface area contributed by atoms with Gasteiger partial charge in [0.25, 0.3) is 0 Å². The average Bonchev–Trinajstić information content (AvgIpc) is 2.34. The maximum absolute atomic E-state index is 11.1. The number of carbonyl (C=O) groups is 2. The molecule has 0 aromatic heterocycles. The minimum absolute atomic E-state index is 0.0431. The van der Waals surface area contributed by atoms with Crippen LogP contribution >= 0.6 is 0 Å². The van der Waals surface area contributed by atoms with Crippen LogP contribution in [-0.2, 0) is 28.5 Å². The molecule has 1 aliphatic heterocycles. The van der Waals surface area contributed by atoms with E-state index in [0.717, 1.165) is 0 Å². The third kappa shape index (κ3) is 7.43. The van der Waals surface area contributed by atoms with Gasteiger partial charge in [0.05, 0.1) is 6.61 Å². The minimum Gasteiger partial charge on any atom is -0.463 e. The Labute approximate surface area is 126 Å². The molecule has 0 bridgehead atoms. The summed E-state index contributed by atoms with van der Waals surface area (Å²) in [7, 11) is 0. The molecule has 0 spiro atoms. The van der Waals surface area contributed by atoms with E-state index in [2.05, 4.69) is 20.8 Å². The molecule has 0 saturated carbocycles. The highest BCUT2D eigenvalue weighted by Crippen LogP contribution is 2.25. The van der Waals surface area contributed by atoms with Crippen molar-refractivity contribution in [1.29, 1.82) is 0 Å². The largest absolute Gasteiger partial charge is 0.463 e. The topological polar surface area (TPSA) is 71.1 Å². The summed E-state index contributed by atoms with van der Waals surface area (Å²) in [5.41, 5.74) is 0.0431. The van der Waals surface area contributed by atoms with Crippen LogP contribution in [0.4, 0.5) is 0 Å². The molecular weight excluding hydrogens is 276 g/mol. The van der Waals surface area contributed by atoms with Crippen LogP contribution < -0.4 is 0 Å². The molecule has 1 aliphatic rings. The highest BCUT2D eigenvalue weighted by Gasteiger charge is 2.35. The van der Waals surface area contributed by atoms with Crippen molar-refractivity contribution in [3.8, 4) is 0 Å². The standard InChI is InChI=1S/C15H26O6/c1-10(16)18-8-13-12(20-11(2)17)6-7-14(21-13)19-9-15(3,4)5/h12-14H,6-9H2,1-5H3/t12?,13?,14-/m0/s1. The van der Waals surface area contributed by atoms with Gasteiger partial charge in [0, 0.05) is 20.3 Å². The molecule has 1 heterocycles. The molecule has 1 rings (SSSR count). The quantitative estimate of drug-likeness (QED) is 0.724. The number of ether oxygens (including phenoxy) is 4. The smallest absolute Gasteiger partial charge is 0.302 e. The van der Waals surface area contributed by atoms with Crippen LogP contribution in [0.15, 0.2) is 0 Å². The lowest BCUT2D eigenvalue weighted by atomic mass is 9.98. The molecule has 1 fully saturated rings. The van der Waals surface area contributed by atoms with Gasteiger partial charge in [-0.3, -0.25) is 9.59 Å². The SMILES string of the molecule is CC(=O)OCC1O[C@H](OCC(C)(C)C)CCC1OC(C)=O. The first-order valence-electron chi connectivity index (χ1n) is 7.25. The summed E-state index contributed by atoms with van der Waals surface area (Å²) in [4.78, 5) is 22.1. The van der Waals surface area contributed by atoms with Gasteiger partial charge in [0.15, 0.2) is 6.29 Å². The summed E-state index contributed by atoms with van der Waals surface area (Å²) in [6.07, 6.45) is 0.00900. The van der Waals surface area contributed by atoms with E-state index in [4.69, 9.17) is 18.9 Å². The van der Waals surface area contributed by atoms with Crippen molar-refractivity contribution in [3.63, 3.8) is 0 Å². The Bertz CT molecular complexity index is 360. The van der Waals surface area contributed by atoms with Crippen molar-refractivity contribution in [2.75, 3.05) is 13.2 Å². The van der Waals surface area contributed by atoms with Crippen LogP contribution in [-0.4, -0.2) is 43.7 Å². The highest BCUT2D eigenvalue weighted by atomic mass is 16.7. The van der Waals surface area contributed by atoms with Crippen molar-refractivity contribution in [1.82, 2.24) is 0 Å². The second kappa shape index (κ2) is 7.75. The van der Waals surface area contributed by atoms with E-state index in [9.17, 15) is 9.59 Å². The van der Waals surface area contributed by atoms with Gasteiger partial charge < -0.3 is 18.9 Å². The average molecular weight is 302 g/mol. The highest BCUT2D eigenvalue weighted by molar-refractivity contribution is 5.66. The predicted octanol–water partition coefficient (Wildman–Crippen LogP) is 2.05. The van der Waals surface area contributed by atoms with Crippen molar-refractivity contribution in [2.24, 2.45) is 5.41 Å². The molecular formula is C15H26O6. The summed E-state index contributed by atoms with van der Waals surface area (Å²) >= 11 is 0. The number of hydrogen-bond acceptors (Lipinski definition) is 6. The molecule has 6 heteroatoms. The van der Waals surface area contributed by atoms with Gasteiger partial charge in [-0.2, -0.15) is 0 Å². The molecule has 1 saturated heterocycles. The normalized spacial score (nSPS) is 26.2. The Balaban J connectivity index is 2.55. The minimum atomic E-state index is -0.489. The van der Waals surface area contributed by atoms with Crippen LogP contribution in [0.25, 0.3) is 0 Å². The third-order valence-corrected chi connectivity index (χ3v) is 2.90. The first kappa shape index (κ1) is 17.9. The fourth-order valence-corrected chi connectivity index (χ4v) is 2.00. The molecule has 0 radical (unpaired) electrons. The number of carbonyl (C=O) groups excluding carboxylic acids is 2. The predicted molar refractivity (Wildman–Crippen MR) is 75.5 cm³/mol. The Morgan fingerprint density at radius 1 is 1.14 bits per heavy atom. The molecule has 122 valence electrons. The van der Waals surface area contributed by atoms with Gasteiger partial charge in [0.1, 0.15) is 18.8 Å². The van der Waals surface area contributed by atoms with Crippen molar-refractivity contribution < 1.29 is 28.5 Å². The lowest BCUT2D eigenvalue weighted by Gasteiger charge is -2.36. The molecule has 0 N–H and O–H groups in total. The van der Waals surface area contributed by atoms with Crippen molar-refractivity contribution in [3.05, 3.63) is 0 Å². The van der Waals surface area contributed by atoms with E-state index in [1.54, 1.807) is 0 Å².